The van der Waals surface area contributed by atoms with Gasteiger partial charge in [0.05, 0.1) is 11.2 Å². The molecule has 0 saturated heterocycles. The third kappa shape index (κ3) is 4.45. The van der Waals surface area contributed by atoms with E-state index in [-0.39, 0.29) is 27.7 Å². The minimum absolute atomic E-state index is 0.127. The van der Waals surface area contributed by atoms with Crippen molar-refractivity contribution in [3.63, 3.8) is 0 Å². The van der Waals surface area contributed by atoms with Crippen LogP contribution in [-0.2, 0) is 27.1 Å². The predicted molar refractivity (Wildman–Crippen MR) is 128 cm³/mol. The van der Waals surface area contributed by atoms with Gasteiger partial charge in [0, 0.05) is 26.2 Å². The van der Waals surface area contributed by atoms with Crippen molar-refractivity contribution in [2.75, 3.05) is 5.43 Å². The normalized spacial score (nSPS) is 11.5. The van der Waals surface area contributed by atoms with E-state index in [1.165, 1.54) is 35.5 Å². The average Bonchev–Trinajstić information content (AvgIpc) is 3.17. The van der Waals surface area contributed by atoms with Gasteiger partial charge in [0.15, 0.2) is 11.2 Å². The summed E-state index contributed by atoms with van der Waals surface area (Å²) in [5, 5.41) is 4.30. The van der Waals surface area contributed by atoms with Crippen molar-refractivity contribution >= 4 is 34.9 Å². The zero-order valence-electron chi connectivity index (χ0n) is 18.1. The first-order chi connectivity index (χ1) is 15.9. The van der Waals surface area contributed by atoms with E-state index in [1.54, 1.807) is 17.7 Å². The minimum Gasteiger partial charge on any atom is -0.303 e. The van der Waals surface area contributed by atoms with E-state index in [9.17, 15) is 14.0 Å². The molecule has 0 amide bonds. The van der Waals surface area contributed by atoms with Gasteiger partial charge in [-0.3, -0.25) is 13.9 Å². The summed E-state index contributed by atoms with van der Waals surface area (Å²) < 4.78 is 18.1. The molecule has 170 valence electrons. The minimum atomic E-state index is -0.513. The van der Waals surface area contributed by atoms with E-state index in [0.29, 0.717) is 6.54 Å². The molecular formula is C23H22ClFN6O2. The van der Waals surface area contributed by atoms with Crippen LogP contribution in [0.1, 0.15) is 17.5 Å². The number of aromatic nitrogens is 4. The SMILES string of the molecule is Cn1c(=O)c2c(nc(N/N=C/c3c(F)cccc3Cl)n2CCCc2ccccc2)n(C)c1=O. The number of fused-ring (bicyclic) bond motifs is 1. The Bertz CT molecular complexity index is 1440. The van der Waals surface area contributed by atoms with Gasteiger partial charge in [-0.15, -0.1) is 0 Å². The van der Waals surface area contributed by atoms with E-state index in [0.717, 1.165) is 17.4 Å². The fourth-order valence-corrected chi connectivity index (χ4v) is 3.84. The molecule has 0 bridgehead atoms. The van der Waals surface area contributed by atoms with Crippen LogP contribution in [0.2, 0.25) is 5.02 Å². The summed E-state index contributed by atoms with van der Waals surface area (Å²) in [5.41, 5.74) is 3.68. The third-order valence-corrected chi connectivity index (χ3v) is 5.73. The molecule has 2 aromatic carbocycles. The number of hydrogen-bond donors (Lipinski definition) is 1. The molecule has 0 atom stereocenters. The Hall–Kier alpha value is -3.72. The number of hydrogen-bond acceptors (Lipinski definition) is 5. The zero-order chi connectivity index (χ0) is 23.5. The van der Waals surface area contributed by atoms with Gasteiger partial charge < -0.3 is 4.57 Å². The van der Waals surface area contributed by atoms with Crippen LogP contribution in [0.4, 0.5) is 10.3 Å². The Morgan fingerprint density at radius 3 is 2.58 bits per heavy atom. The molecule has 33 heavy (non-hydrogen) atoms. The lowest BCUT2D eigenvalue weighted by molar-refractivity contribution is 0.626. The van der Waals surface area contributed by atoms with E-state index in [2.05, 4.69) is 15.5 Å². The molecule has 0 spiro atoms. The largest absolute Gasteiger partial charge is 0.332 e. The maximum Gasteiger partial charge on any atom is 0.332 e. The van der Waals surface area contributed by atoms with Crippen LogP contribution in [0.5, 0.6) is 0 Å². The topological polar surface area (TPSA) is 86.2 Å². The van der Waals surface area contributed by atoms with Crippen LogP contribution in [0, 0.1) is 5.82 Å². The molecular weight excluding hydrogens is 447 g/mol. The maximum absolute atomic E-state index is 14.0. The Balaban J connectivity index is 1.71. The third-order valence-electron chi connectivity index (χ3n) is 5.40. The van der Waals surface area contributed by atoms with Gasteiger partial charge in [-0.05, 0) is 30.5 Å². The molecule has 0 aliphatic heterocycles. The Morgan fingerprint density at radius 1 is 1.09 bits per heavy atom. The molecule has 10 heteroatoms. The molecule has 0 radical (unpaired) electrons. The second-order valence-electron chi connectivity index (χ2n) is 7.56. The first-order valence-electron chi connectivity index (χ1n) is 10.3. The van der Waals surface area contributed by atoms with E-state index in [1.807, 2.05) is 30.3 Å². The van der Waals surface area contributed by atoms with Crippen LogP contribution < -0.4 is 16.7 Å². The molecule has 0 unspecified atom stereocenters. The van der Waals surface area contributed by atoms with Crippen molar-refractivity contribution in [1.29, 1.82) is 0 Å². The van der Waals surface area contributed by atoms with Crippen LogP contribution in [0.3, 0.4) is 0 Å². The monoisotopic (exact) mass is 468 g/mol. The molecule has 0 aliphatic rings. The number of rotatable bonds is 7. The summed E-state index contributed by atoms with van der Waals surface area (Å²) >= 11 is 6.05. The molecule has 2 aromatic heterocycles. The van der Waals surface area contributed by atoms with Gasteiger partial charge >= 0.3 is 5.69 Å². The van der Waals surface area contributed by atoms with Crippen molar-refractivity contribution < 1.29 is 4.39 Å². The maximum atomic E-state index is 14.0. The highest BCUT2D eigenvalue weighted by Gasteiger charge is 2.19. The summed E-state index contributed by atoms with van der Waals surface area (Å²) in [6, 6.07) is 14.3. The van der Waals surface area contributed by atoms with Crippen LogP contribution in [0.25, 0.3) is 11.2 Å². The molecule has 8 nitrogen and oxygen atoms in total. The van der Waals surface area contributed by atoms with Crippen molar-refractivity contribution in [3.8, 4) is 0 Å². The highest BCUT2D eigenvalue weighted by atomic mass is 35.5. The van der Waals surface area contributed by atoms with Gasteiger partial charge in [0.25, 0.3) is 5.56 Å². The van der Waals surface area contributed by atoms with Gasteiger partial charge in [-0.1, -0.05) is 48.0 Å². The molecule has 0 aliphatic carbocycles. The van der Waals surface area contributed by atoms with Gasteiger partial charge in [-0.25, -0.2) is 14.6 Å². The van der Waals surface area contributed by atoms with Crippen LogP contribution >= 0.6 is 11.6 Å². The molecule has 0 saturated carbocycles. The quantitative estimate of drug-likeness (QED) is 0.333. The van der Waals surface area contributed by atoms with Crippen LogP contribution in [0.15, 0.2) is 63.2 Å². The summed E-state index contributed by atoms with van der Waals surface area (Å²) in [6.45, 7) is 0.456. The lowest BCUT2D eigenvalue weighted by atomic mass is 10.1. The van der Waals surface area contributed by atoms with Crippen molar-refractivity contribution in [2.45, 2.75) is 19.4 Å². The van der Waals surface area contributed by atoms with Crippen molar-refractivity contribution in [3.05, 3.63) is 91.3 Å². The second-order valence-corrected chi connectivity index (χ2v) is 7.97. The van der Waals surface area contributed by atoms with Crippen molar-refractivity contribution in [1.82, 2.24) is 18.7 Å². The number of halogens is 2. The molecule has 1 N–H and O–H groups in total. The summed E-state index contributed by atoms with van der Waals surface area (Å²) in [6.07, 6.45) is 2.77. The number of nitrogens with zero attached hydrogens (tertiary/aromatic N) is 5. The van der Waals surface area contributed by atoms with Crippen LogP contribution in [-0.4, -0.2) is 24.9 Å². The standard InChI is InChI=1S/C23H22ClFN6O2/c1-29-20-19(21(32)30(2)23(29)33)31(13-7-10-15-8-4-3-5-9-15)22(27-20)28-26-14-16-17(24)11-6-12-18(16)25/h3-6,8-9,11-12,14H,7,10,13H2,1-2H3,(H,27,28)/b26-14+. The van der Waals surface area contributed by atoms with E-state index in [4.69, 9.17) is 11.6 Å². The highest BCUT2D eigenvalue weighted by molar-refractivity contribution is 6.33. The molecule has 2 heterocycles. The number of anilines is 1. The zero-order valence-corrected chi connectivity index (χ0v) is 18.9. The van der Waals surface area contributed by atoms with Gasteiger partial charge in [-0.2, -0.15) is 10.1 Å². The Kier molecular flexibility index (Phi) is 6.41. The fraction of sp³-hybridized carbons (Fsp3) is 0.217. The summed E-state index contributed by atoms with van der Waals surface area (Å²) in [4.78, 5) is 29.7. The van der Waals surface area contributed by atoms with Gasteiger partial charge in [0.2, 0.25) is 5.95 Å². The van der Waals surface area contributed by atoms with E-state index < -0.39 is 17.1 Å². The van der Waals surface area contributed by atoms with E-state index >= 15 is 0 Å². The van der Waals surface area contributed by atoms with Gasteiger partial charge in [0.1, 0.15) is 5.82 Å². The second kappa shape index (κ2) is 9.41. The number of benzene rings is 2. The lowest BCUT2D eigenvalue weighted by Crippen LogP contribution is -2.37. The smallest absolute Gasteiger partial charge is 0.303 e. The number of nitrogens with one attached hydrogen (secondary N) is 1. The Morgan fingerprint density at radius 2 is 1.85 bits per heavy atom. The molecule has 4 rings (SSSR count). The lowest BCUT2D eigenvalue weighted by Gasteiger charge is -2.09. The first-order valence-corrected chi connectivity index (χ1v) is 10.7. The molecule has 4 aromatic rings. The predicted octanol–water partition coefficient (Wildman–Crippen LogP) is 3.31. The summed E-state index contributed by atoms with van der Waals surface area (Å²) in [5.74, 6) is -0.249. The molecule has 0 fully saturated rings. The number of aryl methyl sites for hydroxylation is 3. The number of hydrazone groups is 1. The average molecular weight is 469 g/mol. The number of imidazole rings is 1. The first kappa shape index (κ1) is 22.5. The highest BCUT2D eigenvalue weighted by Crippen LogP contribution is 2.19. The summed E-state index contributed by atoms with van der Waals surface area (Å²) in [7, 11) is 2.98. The van der Waals surface area contributed by atoms with Crippen molar-refractivity contribution in [2.24, 2.45) is 19.2 Å². The fourth-order valence-electron chi connectivity index (χ4n) is 3.62. The Labute approximate surface area is 193 Å².